The molecule has 1 saturated carbocycles. The van der Waals surface area contributed by atoms with Gasteiger partial charge in [-0.1, -0.05) is 12.8 Å². The van der Waals surface area contributed by atoms with Gasteiger partial charge in [0.05, 0.1) is 28.5 Å². The Hall–Kier alpha value is -3.23. The van der Waals surface area contributed by atoms with E-state index in [1.165, 1.54) is 10.9 Å². The van der Waals surface area contributed by atoms with Crippen molar-refractivity contribution in [1.82, 2.24) is 25.0 Å². The van der Waals surface area contributed by atoms with E-state index in [4.69, 9.17) is 4.98 Å². The summed E-state index contributed by atoms with van der Waals surface area (Å²) in [6.07, 6.45) is 5.57. The Balaban J connectivity index is 1.58. The predicted octanol–water partition coefficient (Wildman–Crippen LogP) is 5.70. The van der Waals surface area contributed by atoms with Gasteiger partial charge in [0.25, 0.3) is 5.91 Å². The van der Waals surface area contributed by atoms with Gasteiger partial charge in [-0.3, -0.25) is 9.89 Å². The monoisotopic (exact) mass is 453 g/mol. The maximum atomic E-state index is 13.6. The summed E-state index contributed by atoms with van der Waals surface area (Å²) in [5.74, 6) is 0.0219. The van der Waals surface area contributed by atoms with Gasteiger partial charge in [0, 0.05) is 22.9 Å². The van der Waals surface area contributed by atoms with E-state index >= 15 is 0 Å². The second kappa shape index (κ2) is 7.40. The number of nitrogens with one attached hydrogen (secondary N) is 1. The van der Waals surface area contributed by atoms with E-state index in [2.05, 4.69) is 15.3 Å². The maximum Gasteiger partial charge on any atom is 0.435 e. The van der Waals surface area contributed by atoms with Crippen molar-refractivity contribution in [1.29, 1.82) is 0 Å². The van der Waals surface area contributed by atoms with Crippen molar-refractivity contribution in [3.63, 3.8) is 0 Å². The van der Waals surface area contributed by atoms with Crippen molar-refractivity contribution < 1.29 is 18.0 Å². The Bertz CT molecular complexity index is 1390. The molecule has 9 heteroatoms. The van der Waals surface area contributed by atoms with Crippen LogP contribution < -0.4 is 0 Å². The molecule has 33 heavy (non-hydrogen) atoms. The van der Waals surface area contributed by atoms with E-state index in [0.29, 0.717) is 17.6 Å². The Labute approximate surface area is 187 Å². The van der Waals surface area contributed by atoms with Crippen LogP contribution in [0.5, 0.6) is 0 Å². The van der Waals surface area contributed by atoms with Crippen molar-refractivity contribution >= 4 is 27.7 Å². The van der Waals surface area contributed by atoms with E-state index in [1.807, 2.05) is 6.07 Å². The van der Waals surface area contributed by atoms with Crippen LogP contribution in [0.15, 0.2) is 24.5 Å². The second-order valence-corrected chi connectivity index (χ2v) is 9.04. The van der Waals surface area contributed by atoms with E-state index in [9.17, 15) is 18.0 Å². The molecule has 4 aromatic rings. The lowest BCUT2D eigenvalue weighted by Gasteiger charge is -2.22. The minimum Gasteiger partial charge on any atom is -0.284 e. The van der Waals surface area contributed by atoms with E-state index in [0.717, 1.165) is 72.4 Å². The zero-order valence-electron chi connectivity index (χ0n) is 17.9. The summed E-state index contributed by atoms with van der Waals surface area (Å²) in [6.45, 7) is 0. The molecule has 2 aliphatic rings. The minimum atomic E-state index is -4.57. The predicted molar refractivity (Wildman–Crippen MR) is 117 cm³/mol. The van der Waals surface area contributed by atoms with Gasteiger partial charge in [-0.15, -0.1) is 0 Å². The van der Waals surface area contributed by atoms with Crippen molar-refractivity contribution in [2.24, 2.45) is 5.92 Å². The SMILES string of the molecule is O=C(C1CCCC1)n1ncc2c3c4c(c(-c5c[nH]nc5C(F)(F)F)nc3ccc21)CCCC4. The molecule has 170 valence electrons. The number of hydrogen-bond acceptors (Lipinski definition) is 4. The molecule has 2 aliphatic carbocycles. The summed E-state index contributed by atoms with van der Waals surface area (Å²) in [5.41, 5.74) is 2.57. The van der Waals surface area contributed by atoms with Crippen LogP contribution in [0.25, 0.3) is 33.1 Å². The first-order valence-electron chi connectivity index (χ1n) is 11.4. The smallest absolute Gasteiger partial charge is 0.284 e. The number of nitrogens with zero attached hydrogens (tertiary/aromatic N) is 4. The van der Waals surface area contributed by atoms with Crippen LogP contribution in [-0.4, -0.2) is 30.9 Å². The van der Waals surface area contributed by atoms with Gasteiger partial charge in [0.2, 0.25) is 0 Å². The first-order chi connectivity index (χ1) is 15.9. The van der Waals surface area contributed by atoms with Gasteiger partial charge in [0.1, 0.15) is 0 Å². The molecule has 1 N–H and O–H groups in total. The van der Waals surface area contributed by atoms with Gasteiger partial charge < -0.3 is 0 Å². The Morgan fingerprint density at radius 3 is 2.58 bits per heavy atom. The number of aromatic nitrogens is 5. The Morgan fingerprint density at radius 1 is 1.06 bits per heavy atom. The van der Waals surface area contributed by atoms with Crippen molar-refractivity contribution in [2.75, 3.05) is 0 Å². The van der Waals surface area contributed by atoms with Crippen LogP contribution in [0.3, 0.4) is 0 Å². The fourth-order valence-corrected chi connectivity index (χ4v) is 5.56. The number of aromatic amines is 1. The van der Waals surface area contributed by atoms with E-state index in [-0.39, 0.29) is 17.4 Å². The minimum absolute atomic E-state index is 0.0000865. The molecular weight excluding hydrogens is 431 g/mol. The molecule has 1 fully saturated rings. The van der Waals surface area contributed by atoms with Gasteiger partial charge in [0.15, 0.2) is 5.69 Å². The topological polar surface area (TPSA) is 76.5 Å². The highest BCUT2D eigenvalue weighted by atomic mass is 19.4. The first-order valence-corrected chi connectivity index (χ1v) is 11.4. The molecule has 0 bridgehead atoms. The zero-order valence-corrected chi connectivity index (χ0v) is 17.9. The number of aryl methyl sites for hydroxylation is 1. The quantitative estimate of drug-likeness (QED) is 0.422. The lowest BCUT2D eigenvalue weighted by Crippen LogP contribution is -2.20. The summed E-state index contributed by atoms with van der Waals surface area (Å²) in [4.78, 5) is 17.8. The molecule has 3 heterocycles. The number of hydrogen-bond donors (Lipinski definition) is 1. The van der Waals surface area contributed by atoms with Gasteiger partial charge in [-0.05, 0) is 61.8 Å². The van der Waals surface area contributed by atoms with E-state index in [1.54, 1.807) is 12.3 Å². The molecule has 0 spiro atoms. The third-order valence-electron chi connectivity index (χ3n) is 7.10. The lowest BCUT2D eigenvalue weighted by atomic mass is 9.85. The highest BCUT2D eigenvalue weighted by molar-refractivity contribution is 6.10. The number of benzene rings is 1. The fraction of sp³-hybridized carbons (Fsp3) is 0.417. The highest BCUT2D eigenvalue weighted by Gasteiger charge is 2.38. The van der Waals surface area contributed by atoms with Crippen LogP contribution in [0.4, 0.5) is 13.2 Å². The normalized spacial score (nSPS) is 17.2. The number of fused-ring (bicyclic) bond motifs is 5. The number of halogens is 3. The first kappa shape index (κ1) is 20.4. The average molecular weight is 453 g/mol. The molecule has 0 radical (unpaired) electrons. The summed E-state index contributed by atoms with van der Waals surface area (Å²) in [6, 6.07) is 3.60. The maximum absolute atomic E-state index is 13.6. The summed E-state index contributed by atoms with van der Waals surface area (Å²) >= 11 is 0. The third-order valence-corrected chi connectivity index (χ3v) is 7.10. The number of rotatable bonds is 2. The average Bonchev–Trinajstić information content (AvgIpc) is 3.57. The van der Waals surface area contributed by atoms with Gasteiger partial charge in [-0.2, -0.15) is 28.1 Å². The van der Waals surface area contributed by atoms with Crippen molar-refractivity contribution in [3.05, 3.63) is 41.3 Å². The molecule has 6 nitrogen and oxygen atoms in total. The van der Waals surface area contributed by atoms with E-state index < -0.39 is 11.9 Å². The summed E-state index contributed by atoms with van der Waals surface area (Å²) in [7, 11) is 0. The molecule has 1 aromatic carbocycles. The molecule has 0 unspecified atom stereocenters. The molecular formula is C24H22F3N5O. The van der Waals surface area contributed by atoms with Crippen LogP contribution in [0.1, 0.15) is 60.1 Å². The number of H-pyrrole nitrogens is 1. The largest absolute Gasteiger partial charge is 0.435 e. The molecule has 3 aromatic heterocycles. The molecule has 0 saturated heterocycles. The standard InChI is InChI=1S/C24H22F3N5O/c25-24(26,27)22-17(11-28-31-22)21-15-8-4-3-7-14(15)20-16-12-29-32(19(16)10-9-18(20)30-21)23(33)13-5-1-2-6-13/h9-13H,1-8H2,(H,28,31). The zero-order chi connectivity index (χ0) is 22.7. The number of carbonyl (C=O) groups is 1. The molecule has 0 atom stereocenters. The fourth-order valence-electron chi connectivity index (χ4n) is 5.56. The van der Waals surface area contributed by atoms with Crippen LogP contribution in [0, 0.1) is 5.92 Å². The highest BCUT2D eigenvalue weighted by Crippen LogP contribution is 2.41. The summed E-state index contributed by atoms with van der Waals surface area (Å²) < 4.78 is 42.2. The third kappa shape index (κ3) is 3.16. The Morgan fingerprint density at radius 2 is 1.82 bits per heavy atom. The van der Waals surface area contributed by atoms with Crippen molar-refractivity contribution in [2.45, 2.75) is 57.5 Å². The van der Waals surface area contributed by atoms with Crippen LogP contribution in [0.2, 0.25) is 0 Å². The van der Waals surface area contributed by atoms with Gasteiger partial charge in [-0.25, -0.2) is 4.98 Å². The van der Waals surface area contributed by atoms with Gasteiger partial charge >= 0.3 is 6.18 Å². The van der Waals surface area contributed by atoms with Crippen molar-refractivity contribution in [3.8, 4) is 11.3 Å². The number of carbonyl (C=O) groups excluding carboxylic acids is 1. The number of alkyl halides is 3. The lowest BCUT2D eigenvalue weighted by molar-refractivity contribution is -0.140. The molecule has 6 rings (SSSR count). The Kier molecular flexibility index (Phi) is 4.57. The molecule has 0 aliphatic heterocycles. The summed E-state index contributed by atoms with van der Waals surface area (Å²) in [5, 5.41) is 12.0. The number of pyridine rings is 1. The van der Waals surface area contributed by atoms with Crippen LogP contribution >= 0.6 is 0 Å². The molecule has 0 amide bonds. The van der Waals surface area contributed by atoms with Crippen LogP contribution in [-0.2, 0) is 19.0 Å². The second-order valence-electron chi connectivity index (χ2n) is 9.04.